The first-order valence-corrected chi connectivity index (χ1v) is 7.56. The van der Waals surface area contributed by atoms with Crippen molar-refractivity contribution in [1.82, 2.24) is 15.0 Å². The average Bonchev–Trinajstić information content (AvgIpc) is 2.45. The number of para-hydroxylation sites is 1. The van der Waals surface area contributed by atoms with Crippen LogP contribution in [0.25, 0.3) is 10.9 Å². The van der Waals surface area contributed by atoms with Crippen molar-refractivity contribution in [2.45, 2.75) is 30.6 Å². The molecule has 3 rings (SSSR count). The summed E-state index contributed by atoms with van der Waals surface area (Å²) in [5, 5.41) is 2.69. The summed E-state index contributed by atoms with van der Waals surface area (Å²) in [6.45, 7) is 4.39. The van der Waals surface area contributed by atoms with Crippen LogP contribution < -0.4 is 5.73 Å². The summed E-state index contributed by atoms with van der Waals surface area (Å²) in [4.78, 5) is 13.6. The third-order valence-electron chi connectivity index (χ3n) is 3.13. The topological polar surface area (TPSA) is 64.7 Å². The molecular formula is C16H16N4S. The molecule has 2 N–H and O–H groups in total. The number of aromatic nitrogens is 3. The van der Waals surface area contributed by atoms with E-state index in [9.17, 15) is 0 Å². The predicted octanol–water partition coefficient (Wildman–Crippen LogP) is 3.25. The highest BCUT2D eigenvalue weighted by Gasteiger charge is 2.10. The van der Waals surface area contributed by atoms with Crippen molar-refractivity contribution in [3.63, 3.8) is 0 Å². The molecule has 0 aliphatic rings. The fraction of sp³-hybridized carbons (Fsp3) is 0.188. The van der Waals surface area contributed by atoms with E-state index in [1.165, 1.54) is 11.8 Å². The molecule has 0 aliphatic carbocycles. The van der Waals surface area contributed by atoms with Gasteiger partial charge in [-0.25, -0.2) is 15.0 Å². The zero-order chi connectivity index (χ0) is 14.8. The smallest absolute Gasteiger partial charge is 0.194 e. The maximum Gasteiger partial charge on any atom is 0.194 e. The van der Waals surface area contributed by atoms with Crippen LogP contribution in [0, 0.1) is 13.8 Å². The van der Waals surface area contributed by atoms with Crippen molar-refractivity contribution in [3.05, 3.63) is 53.3 Å². The maximum atomic E-state index is 5.86. The van der Waals surface area contributed by atoms with E-state index < -0.39 is 0 Å². The number of fused-ring (bicyclic) bond motifs is 1. The van der Waals surface area contributed by atoms with E-state index in [1.807, 2.05) is 44.2 Å². The quantitative estimate of drug-likeness (QED) is 0.752. The fourth-order valence-electron chi connectivity index (χ4n) is 2.20. The summed E-state index contributed by atoms with van der Waals surface area (Å²) in [7, 11) is 0. The van der Waals surface area contributed by atoms with Crippen molar-refractivity contribution in [1.29, 1.82) is 0 Å². The molecule has 1 aromatic carbocycles. The van der Waals surface area contributed by atoms with Gasteiger partial charge in [0.05, 0.1) is 5.52 Å². The van der Waals surface area contributed by atoms with E-state index in [1.54, 1.807) is 0 Å². The van der Waals surface area contributed by atoms with Crippen LogP contribution in [0.5, 0.6) is 0 Å². The largest absolute Gasteiger partial charge is 0.326 e. The Labute approximate surface area is 127 Å². The van der Waals surface area contributed by atoms with Gasteiger partial charge in [-0.05, 0) is 49.4 Å². The van der Waals surface area contributed by atoms with E-state index in [-0.39, 0.29) is 0 Å². The minimum atomic E-state index is 0.449. The third-order valence-corrected chi connectivity index (χ3v) is 4.04. The minimum absolute atomic E-state index is 0.449. The second kappa shape index (κ2) is 5.79. The van der Waals surface area contributed by atoms with Gasteiger partial charge in [-0.1, -0.05) is 18.2 Å². The Morgan fingerprint density at radius 3 is 2.43 bits per heavy atom. The minimum Gasteiger partial charge on any atom is -0.326 e. The van der Waals surface area contributed by atoms with Gasteiger partial charge in [0.2, 0.25) is 0 Å². The molecule has 4 nitrogen and oxygen atoms in total. The second-order valence-electron chi connectivity index (χ2n) is 4.88. The second-order valence-corrected chi connectivity index (χ2v) is 5.84. The van der Waals surface area contributed by atoms with Crippen LogP contribution in [0.15, 0.2) is 46.6 Å². The third kappa shape index (κ3) is 3.04. The lowest BCUT2D eigenvalue weighted by molar-refractivity contribution is 0.894. The van der Waals surface area contributed by atoms with E-state index >= 15 is 0 Å². The normalized spacial score (nSPS) is 11.0. The van der Waals surface area contributed by atoms with E-state index in [0.717, 1.165) is 32.9 Å². The summed E-state index contributed by atoms with van der Waals surface area (Å²) in [6.07, 6.45) is 0. The predicted molar refractivity (Wildman–Crippen MR) is 85.3 cm³/mol. The average molecular weight is 296 g/mol. The summed E-state index contributed by atoms with van der Waals surface area (Å²) < 4.78 is 0. The van der Waals surface area contributed by atoms with Crippen molar-refractivity contribution < 1.29 is 0 Å². The highest BCUT2D eigenvalue weighted by molar-refractivity contribution is 7.99. The lowest BCUT2D eigenvalue weighted by Gasteiger charge is -2.08. The Balaban J connectivity index is 2.06. The monoisotopic (exact) mass is 296 g/mol. The summed E-state index contributed by atoms with van der Waals surface area (Å²) in [5.41, 5.74) is 9.75. The molecule has 0 amide bonds. The Bertz CT molecular complexity index is 781. The maximum absolute atomic E-state index is 5.86. The first-order chi connectivity index (χ1) is 10.2. The lowest BCUT2D eigenvalue weighted by atomic mass is 10.1. The molecule has 0 radical (unpaired) electrons. The molecule has 0 saturated heterocycles. The van der Waals surface area contributed by atoms with Crippen LogP contribution >= 0.6 is 11.8 Å². The van der Waals surface area contributed by atoms with Gasteiger partial charge in [-0.15, -0.1) is 0 Å². The van der Waals surface area contributed by atoms with Gasteiger partial charge >= 0.3 is 0 Å². The van der Waals surface area contributed by atoms with E-state index in [4.69, 9.17) is 10.7 Å². The fourth-order valence-corrected chi connectivity index (χ4v) is 3.17. The Morgan fingerprint density at radius 1 is 1.00 bits per heavy atom. The molecule has 2 heterocycles. The van der Waals surface area contributed by atoms with E-state index in [2.05, 4.69) is 16.0 Å². The number of benzene rings is 1. The van der Waals surface area contributed by atoms with Crippen molar-refractivity contribution in [3.8, 4) is 0 Å². The van der Waals surface area contributed by atoms with E-state index in [0.29, 0.717) is 11.7 Å². The summed E-state index contributed by atoms with van der Waals surface area (Å²) >= 11 is 1.47. The van der Waals surface area contributed by atoms with Gasteiger partial charge in [0, 0.05) is 23.3 Å². The van der Waals surface area contributed by atoms with Gasteiger partial charge in [0.25, 0.3) is 0 Å². The number of hydrogen-bond donors (Lipinski definition) is 1. The van der Waals surface area contributed by atoms with Crippen LogP contribution in [0.4, 0.5) is 0 Å². The summed E-state index contributed by atoms with van der Waals surface area (Å²) in [6, 6.07) is 12.1. The molecule has 0 saturated carbocycles. The van der Waals surface area contributed by atoms with Gasteiger partial charge < -0.3 is 5.73 Å². The molecule has 21 heavy (non-hydrogen) atoms. The molecule has 0 bridgehead atoms. The molecule has 0 atom stereocenters. The Hall–Kier alpha value is -1.98. The molecule has 2 aromatic heterocycles. The first-order valence-electron chi connectivity index (χ1n) is 6.74. The molecule has 0 spiro atoms. The van der Waals surface area contributed by atoms with Gasteiger partial charge in [-0.3, -0.25) is 0 Å². The zero-order valence-corrected chi connectivity index (χ0v) is 12.8. The van der Waals surface area contributed by atoms with Crippen LogP contribution in [0.2, 0.25) is 0 Å². The molecule has 3 aromatic rings. The van der Waals surface area contributed by atoms with Crippen LogP contribution in [0.3, 0.4) is 0 Å². The highest BCUT2D eigenvalue weighted by Crippen LogP contribution is 2.29. The Morgan fingerprint density at radius 2 is 1.71 bits per heavy atom. The summed E-state index contributed by atoms with van der Waals surface area (Å²) in [5.74, 6) is 0. The number of nitrogens with zero attached hydrogens (tertiary/aromatic N) is 3. The molecule has 0 unspecified atom stereocenters. The number of hydrogen-bond acceptors (Lipinski definition) is 5. The Kier molecular flexibility index (Phi) is 3.86. The van der Waals surface area contributed by atoms with Gasteiger partial charge in [0.1, 0.15) is 5.03 Å². The number of rotatable bonds is 3. The number of pyridine rings is 1. The SMILES string of the molecule is Cc1cc(C)nc(Sc2nc3ccccc3cc2CN)n1. The van der Waals surface area contributed by atoms with Crippen molar-refractivity contribution >= 4 is 22.7 Å². The standard InChI is InChI=1S/C16H16N4S/c1-10-7-11(2)19-16(18-10)21-15-13(9-17)8-12-5-3-4-6-14(12)20-15/h3-8H,9,17H2,1-2H3. The number of nitrogens with two attached hydrogens (primary N) is 1. The van der Waals surface area contributed by atoms with Crippen LogP contribution in [-0.4, -0.2) is 15.0 Å². The van der Waals surface area contributed by atoms with Gasteiger partial charge in [0.15, 0.2) is 5.16 Å². The van der Waals surface area contributed by atoms with Crippen LogP contribution in [0.1, 0.15) is 17.0 Å². The number of aryl methyl sites for hydroxylation is 2. The molecule has 0 aliphatic heterocycles. The molecular weight excluding hydrogens is 280 g/mol. The molecule has 0 fully saturated rings. The molecule has 5 heteroatoms. The highest BCUT2D eigenvalue weighted by atomic mass is 32.2. The molecule has 106 valence electrons. The van der Waals surface area contributed by atoms with Crippen LogP contribution in [-0.2, 0) is 6.54 Å². The first kappa shape index (κ1) is 14.0. The van der Waals surface area contributed by atoms with Crippen molar-refractivity contribution in [2.75, 3.05) is 0 Å². The van der Waals surface area contributed by atoms with Crippen molar-refractivity contribution in [2.24, 2.45) is 5.73 Å². The zero-order valence-electron chi connectivity index (χ0n) is 12.0. The lowest BCUT2D eigenvalue weighted by Crippen LogP contribution is -2.01. The van der Waals surface area contributed by atoms with Gasteiger partial charge in [-0.2, -0.15) is 0 Å².